The Morgan fingerprint density at radius 2 is 2.06 bits per heavy atom. The average Bonchev–Trinajstić information content (AvgIpc) is 2.76. The number of ketones is 1. The van der Waals surface area contributed by atoms with Crippen LogP contribution in [0.5, 0.6) is 0 Å². The molecule has 0 spiro atoms. The second-order valence-corrected chi connectivity index (χ2v) is 5.46. The number of amides is 1. The van der Waals surface area contributed by atoms with Crippen LogP contribution >= 0.6 is 0 Å². The molecule has 4 nitrogen and oxygen atoms in total. The summed E-state index contributed by atoms with van der Waals surface area (Å²) in [5.74, 6) is 0.476. The predicted octanol–water partition coefficient (Wildman–Crippen LogP) is 1.59. The molecule has 0 aromatic carbocycles. The van der Waals surface area contributed by atoms with Gasteiger partial charge in [-0.05, 0) is 45.7 Å². The van der Waals surface area contributed by atoms with Crippen LogP contribution in [0.25, 0.3) is 0 Å². The number of likely N-dealkylation sites (tertiary alicyclic amines) is 1. The van der Waals surface area contributed by atoms with Crippen molar-refractivity contribution in [2.24, 2.45) is 5.92 Å². The van der Waals surface area contributed by atoms with E-state index in [-0.39, 0.29) is 17.9 Å². The van der Waals surface area contributed by atoms with Crippen molar-refractivity contribution in [1.82, 2.24) is 10.2 Å². The van der Waals surface area contributed by atoms with Gasteiger partial charge in [-0.1, -0.05) is 13.8 Å². The first-order valence-electron chi connectivity index (χ1n) is 7.04. The van der Waals surface area contributed by atoms with Crippen molar-refractivity contribution in [3.63, 3.8) is 0 Å². The first-order valence-corrected chi connectivity index (χ1v) is 7.04. The van der Waals surface area contributed by atoms with Crippen LogP contribution in [0.15, 0.2) is 0 Å². The van der Waals surface area contributed by atoms with E-state index in [9.17, 15) is 9.59 Å². The summed E-state index contributed by atoms with van der Waals surface area (Å²) >= 11 is 0. The van der Waals surface area contributed by atoms with Crippen molar-refractivity contribution in [2.75, 3.05) is 19.6 Å². The zero-order valence-corrected chi connectivity index (χ0v) is 11.9. The lowest BCUT2D eigenvalue weighted by Gasteiger charge is -2.22. The second kappa shape index (κ2) is 7.52. The molecule has 18 heavy (non-hydrogen) atoms. The van der Waals surface area contributed by atoms with E-state index >= 15 is 0 Å². The SMILES string of the molecule is CC(=O)[C@@H]1CCCN1CCCCNC(=O)C(C)C. The normalized spacial score (nSPS) is 20.3. The Labute approximate surface area is 110 Å². The second-order valence-electron chi connectivity index (χ2n) is 5.46. The third-order valence-electron chi connectivity index (χ3n) is 3.53. The molecule has 1 N–H and O–H groups in total. The number of hydrogen-bond donors (Lipinski definition) is 1. The summed E-state index contributed by atoms with van der Waals surface area (Å²) in [5, 5.41) is 2.92. The maximum Gasteiger partial charge on any atom is 0.222 e. The van der Waals surface area contributed by atoms with Crippen molar-refractivity contribution in [3.05, 3.63) is 0 Å². The summed E-state index contributed by atoms with van der Waals surface area (Å²) in [6.07, 6.45) is 4.18. The van der Waals surface area contributed by atoms with E-state index < -0.39 is 0 Å². The minimum absolute atomic E-state index is 0.0608. The Kier molecular flexibility index (Phi) is 6.33. The summed E-state index contributed by atoms with van der Waals surface area (Å²) < 4.78 is 0. The average molecular weight is 254 g/mol. The van der Waals surface area contributed by atoms with Gasteiger partial charge in [-0.25, -0.2) is 0 Å². The topological polar surface area (TPSA) is 49.4 Å². The quantitative estimate of drug-likeness (QED) is 0.702. The van der Waals surface area contributed by atoms with Gasteiger partial charge in [0.2, 0.25) is 5.91 Å². The molecule has 1 saturated heterocycles. The number of hydrogen-bond acceptors (Lipinski definition) is 3. The van der Waals surface area contributed by atoms with Crippen LogP contribution < -0.4 is 5.32 Å². The highest BCUT2D eigenvalue weighted by atomic mass is 16.1. The molecule has 1 atom stereocenters. The Morgan fingerprint density at radius 1 is 1.33 bits per heavy atom. The van der Waals surface area contributed by atoms with Gasteiger partial charge in [0.1, 0.15) is 5.78 Å². The van der Waals surface area contributed by atoms with E-state index in [0.717, 1.165) is 45.3 Å². The first-order chi connectivity index (χ1) is 8.52. The van der Waals surface area contributed by atoms with Gasteiger partial charge in [-0.15, -0.1) is 0 Å². The molecule has 0 bridgehead atoms. The van der Waals surface area contributed by atoms with E-state index in [0.29, 0.717) is 5.78 Å². The van der Waals surface area contributed by atoms with Gasteiger partial charge in [-0.3, -0.25) is 14.5 Å². The minimum atomic E-state index is 0.0608. The number of nitrogens with one attached hydrogen (secondary N) is 1. The van der Waals surface area contributed by atoms with Gasteiger partial charge >= 0.3 is 0 Å². The lowest BCUT2D eigenvalue weighted by Crippen LogP contribution is -2.36. The molecule has 0 aromatic heterocycles. The highest BCUT2D eigenvalue weighted by molar-refractivity contribution is 5.81. The van der Waals surface area contributed by atoms with Gasteiger partial charge < -0.3 is 5.32 Å². The molecule has 1 amide bonds. The van der Waals surface area contributed by atoms with Crippen LogP contribution in [-0.2, 0) is 9.59 Å². The zero-order chi connectivity index (χ0) is 13.5. The molecule has 104 valence electrons. The minimum Gasteiger partial charge on any atom is -0.356 e. The molecule has 0 unspecified atom stereocenters. The van der Waals surface area contributed by atoms with Gasteiger partial charge in [0.25, 0.3) is 0 Å². The highest BCUT2D eigenvalue weighted by Crippen LogP contribution is 2.18. The zero-order valence-electron chi connectivity index (χ0n) is 11.9. The van der Waals surface area contributed by atoms with Crippen molar-refractivity contribution >= 4 is 11.7 Å². The number of carbonyl (C=O) groups is 2. The lowest BCUT2D eigenvalue weighted by atomic mass is 10.1. The smallest absolute Gasteiger partial charge is 0.222 e. The maximum atomic E-state index is 11.4. The number of rotatable bonds is 7. The standard InChI is InChI=1S/C14H26N2O2/c1-11(2)14(18)15-8-4-5-9-16-10-6-7-13(16)12(3)17/h11,13H,4-10H2,1-3H3,(H,15,18)/t13-/m0/s1. The third-order valence-corrected chi connectivity index (χ3v) is 3.53. The fourth-order valence-electron chi connectivity index (χ4n) is 2.41. The van der Waals surface area contributed by atoms with E-state index in [1.807, 2.05) is 13.8 Å². The number of nitrogens with zero attached hydrogens (tertiary/aromatic N) is 1. The summed E-state index contributed by atoms with van der Waals surface area (Å²) in [6, 6.07) is 0.148. The van der Waals surface area contributed by atoms with Crippen LogP contribution in [0.1, 0.15) is 46.5 Å². The summed E-state index contributed by atoms with van der Waals surface area (Å²) in [7, 11) is 0. The van der Waals surface area contributed by atoms with Crippen LogP contribution in [0.3, 0.4) is 0 Å². The first kappa shape index (κ1) is 15.2. The van der Waals surface area contributed by atoms with Crippen molar-refractivity contribution < 1.29 is 9.59 Å². The molecular weight excluding hydrogens is 228 g/mol. The summed E-state index contributed by atoms with van der Waals surface area (Å²) in [4.78, 5) is 25.0. The van der Waals surface area contributed by atoms with Gasteiger partial charge in [0.15, 0.2) is 0 Å². The van der Waals surface area contributed by atoms with E-state index in [1.54, 1.807) is 6.92 Å². The Balaban J connectivity index is 2.11. The van der Waals surface area contributed by atoms with Gasteiger partial charge in [0, 0.05) is 12.5 Å². The van der Waals surface area contributed by atoms with Crippen molar-refractivity contribution in [3.8, 4) is 0 Å². The summed E-state index contributed by atoms with van der Waals surface area (Å²) in [5.41, 5.74) is 0. The lowest BCUT2D eigenvalue weighted by molar-refractivity contribution is -0.124. The molecule has 0 aromatic rings. The molecule has 4 heteroatoms. The van der Waals surface area contributed by atoms with Crippen molar-refractivity contribution in [2.45, 2.75) is 52.5 Å². The Bertz CT molecular complexity index is 290. The molecular formula is C14H26N2O2. The van der Waals surface area contributed by atoms with Gasteiger partial charge in [-0.2, -0.15) is 0 Å². The Hall–Kier alpha value is -0.900. The maximum absolute atomic E-state index is 11.4. The molecule has 1 aliphatic rings. The molecule has 1 heterocycles. The molecule has 1 aliphatic heterocycles. The van der Waals surface area contributed by atoms with E-state index in [2.05, 4.69) is 10.2 Å². The molecule has 1 fully saturated rings. The fourth-order valence-corrected chi connectivity index (χ4v) is 2.41. The predicted molar refractivity (Wildman–Crippen MR) is 72.4 cm³/mol. The number of unbranched alkanes of at least 4 members (excludes halogenated alkanes) is 1. The van der Waals surface area contributed by atoms with E-state index in [1.165, 1.54) is 0 Å². The number of carbonyl (C=O) groups excluding carboxylic acids is 2. The van der Waals surface area contributed by atoms with E-state index in [4.69, 9.17) is 0 Å². The largest absolute Gasteiger partial charge is 0.356 e. The fraction of sp³-hybridized carbons (Fsp3) is 0.857. The van der Waals surface area contributed by atoms with Crippen LogP contribution in [0, 0.1) is 5.92 Å². The van der Waals surface area contributed by atoms with Crippen molar-refractivity contribution in [1.29, 1.82) is 0 Å². The summed E-state index contributed by atoms with van der Waals surface area (Å²) in [6.45, 7) is 8.25. The number of Topliss-reactive ketones (excluding diaryl/α,β-unsaturated/α-hetero) is 1. The van der Waals surface area contributed by atoms with Crippen LogP contribution in [-0.4, -0.2) is 42.3 Å². The molecule has 0 radical (unpaired) electrons. The Morgan fingerprint density at radius 3 is 2.67 bits per heavy atom. The third kappa shape index (κ3) is 4.77. The molecule has 0 saturated carbocycles. The monoisotopic (exact) mass is 254 g/mol. The highest BCUT2D eigenvalue weighted by Gasteiger charge is 2.27. The molecule has 0 aliphatic carbocycles. The van der Waals surface area contributed by atoms with Crippen LogP contribution in [0.2, 0.25) is 0 Å². The molecule has 1 rings (SSSR count). The van der Waals surface area contributed by atoms with Gasteiger partial charge in [0.05, 0.1) is 6.04 Å². The van der Waals surface area contributed by atoms with Crippen LogP contribution in [0.4, 0.5) is 0 Å².